The summed E-state index contributed by atoms with van der Waals surface area (Å²) in [6.07, 6.45) is 6.39. The van der Waals surface area contributed by atoms with E-state index in [2.05, 4.69) is 52.2 Å². The van der Waals surface area contributed by atoms with Crippen molar-refractivity contribution in [1.29, 1.82) is 0 Å². The fraction of sp³-hybridized carbons (Fsp3) is 0.650. The lowest BCUT2D eigenvalue weighted by atomic mass is 9.91. The van der Waals surface area contributed by atoms with E-state index in [9.17, 15) is 0 Å². The molecule has 2 N–H and O–H groups in total. The second kappa shape index (κ2) is 10.6. The van der Waals surface area contributed by atoms with E-state index in [1.807, 2.05) is 29.9 Å². The molecule has 0 unspecified atom stereocenters. The molecule has 1 aliphatic rings. The van der Waals surface area contributed by atoms with Gasteiger partial charge in [0.05, 0.1) is 0 Å². The van der Waals surface area contributed by atoms with Crippen LogP contribution in [0.25, 0.3) is 0 Å². The monoisotopic (exact) mass is 516 g/mol. The van der Waals surface area contributed by atoms with Crippen LogP contribution in [0.4, 0.5) is 0 Å². The Morgan fingerprint density at radius 1 is 1.29 bits per heavy atom. The lowest BCUT2D eigenvalue weighted by molar-refractivity contribution is 0.407. The van der Waals surface area contributed by atoms with Crippen molar-refractivity contribution in [2.75, 3.05) is 6.54 Å². The average Bonchev–Trinajstić information content (AvgIpc) is 3.31. The molecule has 0 saturated heterocycles. The number of thiophene rings is 1. The Kier molecular flexibility index (Phi) is 8.73. The fourth-order valence-corrected chi connectivity index (χ4v) is 4.24. The molecular weight excluding hydrogens is 483 g/mol. The zero-order chi connectivity index (χ0) is 19.3. The normalized spacial score (nSPS) is 15.9. The van der Waals surface area contributed by atoms with Crippen molar-refractivity contribution < 1.29 is 0 Å². The van der Waals surface area contributed by atoms with Crippen LogP contribution in [0.5, 0.6) is 0 Å². The molecule has 0 amide bonds. The van der Waals surface area contributed by atoms with Gasteiger partial charge in [0.2, 0.25) is 0 Å². The van der Waals surface area contributed by atoms with Gasteiger partial charge in [0.25, 0.3) is 0 Å². The molecular formula is C20H33IN6S. The molecule has 28 heavy (non-hydrogen) atoms. The van der Waals surface area contributed by atoms with Gasteiger partial charge in [-0.2, -0.15) is 0 Å². The molecule has 0 aromatic carbocycles. The van der Waals surface area contributed by atoms with E-state index in [1.165, 1.54) is 37.0 Å². The Morgan fingerprint density at radius 3 is 2.64 bits per heavy atom. The number of hydrogen-bond donors (Lipinski definition) is 2. The summed E-state index contributed by atoms with van der Waals surface area (Å²) in [7, 11) is 1.99. The zero-order valence-electron chi connectivity index (χ0n) is 17.4. The summed E-state index contributed by atoms with van der Waals surface area (Å²) in [5.74, 6) is 2.68. The SMILES string of the molecule is Cc1nnc(CN=C(NCC(C)(C)c2cccs2)NC2CCCCC2)n1C.I. The standard InChI is InChI=1S/C20H32N6S.HI/c1-15-24-25-18(26(15)4)13-21-19(23-16-9-6-5-7-10-16)22-14-20(2,3)17-11-8-12-27-17;/h8,11-12,16H,5-7,9-10,13-14H2,1-4H3,(H2,21,22,23);1H. The molecule has 2 heterocycles. The predicted octanol–water partition coefficient (Wildman–Crippen LogP) is 4.15. The zero-order valence-corrected chi connectivity index (χ0v) is 20.5. The number of aromatic nitrogens is 3. The van der Waals surface area contributed by atoms with Gasteiger partial charge in [0.1, 0.15) is 12.4 Å². The number of aliphatic imine (C=N–C) groups is 1. The van der Waals surface area contributed by atoms with Gasteiger partial charge >= 0.3 is 0 Å². The number of nitrogens with zero attached hydrogens (tertiary/aromatic N) is 4. The maximum Gasteiger partial charge on any atom is 0.191 e. The molecule has 0 aliphatic heterocycles. The minimum atomic E-state index is 0. The average molecular weight is 516 g/mol. The van der Waals surface area contributed by atoms with Crippen LogP contribution in [0.1, 0.15) is 62.5 Å². The minimum Gasteiger partial charge on any atom is -0.355 e. The van der Waals surface area contributed by atoms with Crippen LogP contribution in [0.2, 0.25) is 0 Å². The molecule has 0 spiro atoms. The van der Waals surface area contributed by atoms with Gasteiger partial charge in [-0.1, -0.05) is 39.2 Å². The van der Waals surface area contributed by atoms with Gasteiger partial charge in [0.15, 0.2) is 11.8 Å². The first-order chi connectivity index (χ1) is 13.0. The van der Waals surface area contributed by atoms with Crippen LogP contribution in [0.3, 0.4) is 0 Å². The van der Waals surface area contributed by atoms with E-state index in [1.54, 1.807) is 0 Å². The topological polar surface area (TPSA) is 67.1 Å². The predicted molar refractivity (Wildman–Crippen MR) is 128 cm³/mol. The highest BCUT2D eigenvalue weighted by molar-refractivity contribution is 14.0. The van der Waals surface area contributed by atoms with Gasteiger partial charge in [-0.25, -0.2) is 4.99 Å². The first-order valence-electron chi connectivity index (χ1n) is 9.89. The van der Waals surface area contributed by atoms with E-state index in [0.29, 0.717) is 12.6 Å². The van der Waals surface area contributed by atoms with Crippen LogP contribution in [0.15, 0.2) is 22.5 Å². The third-order valence-electron chi connectivity index (χ3n) is 5.39. The Labute approximate surface area is 189 Å². The van der Waals surface area contributed by atoms with E-state index in [-0.39, 0.29) is 29.4 Å². The second-order valence-corrected chi connectivity index (χ2v) is 9.03. The minimum absolute atomic E-state index is 0. The Hall–Kier alpha value is -1.16. The molecule has 1 aliphatic carbocycles. The molecule has 2 aromatic rings. The van der Waals surface area contributed by atoms with Crippen molar-refractivity contribution >= 4 is 41.3 Å². The van der Waals surface area contributed by atoms with Gasteiger partial charge in [-0.05, 0) is 31.2 Å². The first-order valence-corrected chi connectivity index (χ1v) is 10.8. The third-order valence-corrected chi connectivity index (χ3v) is 6.63. The van der Waals surface area contributed by atoms with E-state index >= 15 is 0 Å². The number of nitrogens with one attached hydrogen (secondary N) is 2. The third kappa shape index (κ3) is 6.17. The van der Waals surface area contributed by atoms with Crippen molar-refractivity contribution in [3.8, 4) is 0 Å². The Bertz CT molecular complexity index is 747. The van der Waals surface area contributed by atoms with Gasteiger partial charge in [-0.3, -0.25) is 0 Å². The highest BCUT2D eigenvalue weighted by Crippen LogP contribution is 2.26. The summed E-state index contributed by atoms with van der Waals surface area (Å²) < 4.78 is 2.00. The molecule has 2 aromatic heterocycles. The highest BCUT2D eigenvalue weighted by Gasteiger charge is 2.23. The summed E-state index contributed by atoms with van der Waals surface area (Å²) in [6.45, 7) is 7.87. The van der Waals surface area contributed by atoms with Crippen molar-refractivity contribution in [3.05, 3.63) is 34.0 Å². The number of halogens is 1. The first kappa shape index (κ1) is 23.1. The van der Waals surface area contributed by atoms with Crippen LogP contribution in [-0.2, 0) is 19.0 Å². The molecule has 1 saturated carbocycles. The van der Waals surface area contributed by atoms with Crippen LogP contribution in [0, 0.1) is 6.92 Å². The summed E-state index contributed by atoms with van der Waals surface area (Å²) in [5.41, 5.74) is 0.0601. The molecule has 156 valence electrons. The van der Waals surface area contributed by atoms with Gasteiger partial charge in [-0.15, -0.1) is 45.5 Å². The molecule has 3 rings (SSSR count). The van der Waals surface area contributed by atoms with Crippen molar-refractivity contribution in [2.45, 2.75) is 70.9 Å². The van der Waals surface area contributed by atoms with Crippen molar-refractivity contribution in [1.82, 2.24) is 25.4 Å². The molecule has 8 heteroatoms. The maximum atomic E-state index is 4.82. The number of guanidine groups is 1. The van der Waals surface area contributed by atoms with Gasteiger partial charge < -0.3 is 15.2 Å². The van der Waals surface area contributed by atoms with Gasteiger partial charge in [0, 0.05) is 29.9 Å². The quantitative estimate of drug-likeness (QED) is 0.344. The Balaban J connectivity index is 0.00000280. The fourth-order valence-electron chi connectivity index (χ4n) is 3.39. The highest BCUT2D eigenvalue weighted by atomic mass is 127. The maximum absolute atomic E-state index is 4.82. The van der Waals surface area contributed by atoms with E-state index < -0.39 is 0 Å². The molecule has 0 atom stereocenters. The molecule has 0 bridgehead atoms. The van der Waals surface area contributed by atoms with Crippen LogP contribution >= 0.6 is 35.3 Å². The summed E-state index contributed by atoms with van der Waals surface area (Å²) in [4.78, 5) is 6.21. The number of rotatable bonds is 6. The smallest absolute Gasteiger partial charge is 0.191 e. The molecule has 0 radical (unpaired) electrons. The summed E-state index contributed by atoms with van der Waals surface area (Å²) in [5, 5.41) is 17.7. The summed E-state index contributed by atoms with van der Waals surface area (Å²) in [6, 6.07) is 4.84. The lowest BCUT2D eigenvalue weighted by Gasteiger charge is -2.28. The number of hydrogen-bond acceptors (Lipinski definition) is 4. The van der Waals surface area contributed by atoms with E-state index in [4.69, 9.17) is 4.99 Å². The van der Waals surface area contributed by atoms with Crippen LogP contribution < -0.4 is 10.6 Å². The number of aryl methyl sites for hydroxylation is 1. The Morgan fingerprint density at radius 2 is 2.04 bits per heavy atom. The van der Waals surface area contributed by atoms with E-state index in [0.717, 1.165) is 24.2 Å². The molecule has 1 fully saturated rings. The van der Waals surface area contributed by atoms with Crippen LogP contribution in [-0.4, -0.2) is 33.3 Å². The second-order valence-electron chi connectivity index (χ2n) is 8.08. The van der Waals surface area contributed by atoms with Crippen molar-refractivity contribution in [3.63, 3.8) is 0 Å². The lowest BCUT2D eigenvalue weighted by Crippen LogP contribution is -2.47. The largest absolute Gasteiger partial charge is 0.355 e. The van der Waals surface area contributed by atoms with Crippen molar-refractivity contribution in [2.24, 2.45) is 12.0 Å². The summed E-state index contributed by atoms with van der Waals surface area (Å²) >= 11 is 1.81. The molecule has 6 nitrogen and oxygen atoms in total.